The van der Waals surface area contributed by atoms with Crippen LogP contribution in [0, 0.1) is 0 Å². The molecule has 72 valence electrons. The summed E-state index contributed by atoms with van der Waals surface area (Å²) in [5.74, 6) is -0.971. The first-order chi connectivity index (χ1) is 6.59. The number of halogens is 1. The van der Waals surface area contributed by atoms with Gasteiger partial charge in [0.05, 0.1) is 0 Å². The summed E-state index contributed by atoms with van der Waals surface area (Å²) in [6.07, 6.45) is 0. The number of aryl methyl sites for hydroxylation is 1. The van der Waals surface area contributed by atoms with Gasteiger partial charge in [-0.05, 0) is 18.2 Å². The molecule has 2 heterocycles. The van der Waals surface area contributed by atoms with Crippen LogP contribution in [0.2, 0.25) is 5.15 Å². The first kappa shape index (κ1) is 9.02. The molecule has 0 saturated heterocycles. The number of aromatic carboxylic acids is 1. The van der Waals surface area contributed by atoms with Crippen LogP contribution in [-0.4, -0.2) is 20.6 Å². The number of fused-ring (bicyclic) bond motifs is 1. The summed E-state index contributed by atoms with van der Waals surface area (Å²) < 4.78 is 1.50. The van der Waals surface area contributed by atoms with Crippen LogP contribution in [0.1, 0.15) is 10.5 Å². The van der Waals surface area contributed by atoms with E-state index in [0.29, 0.717) is 10.8 Å². The molecular weight excluding hydrogens is 204 g/mol. The van der Waals surface area contributed by atoms with E-state index >= 15 is 0 Å². The SMILES string of the molecule is Cn1c(C(=O)O)cc2ccc(Cl)nc21. The van der Waals surface area contributed by atoms with Crippen molar-refractivity contribution in [2.75, 3.05) is 0 Å². The van der Waals surface area contributed by atoms with E-state index in [2.05, 4.69) is 4.98 Å². The fourth-order valence-corrected chi connectivity index (χ4v) is 1.52. The molecule has 0 atom stereocenters. The zero-order valence-electron chi connectivity index (χ0n) is 7.36. The fourth-order valence-electron chi connectivity index (χ4n) is 1.38. The monoisotopic (exact) mass is 210 g/mol. The number of hydrogen-bond donors (Lipinski definition) is 1. The van der Waals surface area contributed by atoms with E-state index < -0.39 is 5.97 Å². The van der Waals surface area contributed by atoms with E-state index in [0.717, 1.165) is 5.39 Å². The highest BCUT2D eigenvalue weighted by atomic mass is 35.5. The van der Waals surface area contributed by atoms with Crippen LogP contribution >= 0.6 is 11.6 Å². The Hall–Kier alpha value is -1.55. The Balaban J connectivity index is 2.80. The number of rotatable bonds is 1. The zero-order valence-corrected chi connectivity index (χ0v) is 8.12. The van der Waals surface area contributed by atoms with Crippen LogP contribution in [0.5, 0.6) is 0 Å². The van der Waals surface area contributed by atoms with E-state index in [9.17, 15) is 4.79 Å². The van der Waals surface area contributed by atoms with Gasteiger partial charge in [0.15, 0.2) is 0 Å². The molecule has 0 saturated carbocycles. The fraction of sp³-hybridized carbons (Fsp3) is 0.111. The first-order valence-electron chi connectivity index (χ1n) is 3.95. The smallest absolute Gasteiger partial charge is 0.352 e. The van der Waals surface area contributed by atoms with Gasteiger partial charge in [-0.25, -0.2) is 9.78 Å². The van der Waals surface area contributed by atoms with Crippen LogP contribution < -0.4 is 0 Å². The van der Waals surface area contributed by atoms with Gasteiger partial charge >= 0.3 is 5.97 Å². The Bertz CT molecular complexity index is 519. The third-order valence-electron chi connectivity index (χ3n) is 2.06. The predicted octanol–water partition coefficient (Wildman–Crippen LogP) is 1.92. The lowest BCUT2D eigenvalue weighted by Gasteiger charge is -1.97. The Labute approximate surface area is 84.7 Å². The summed E-state index contributed by atoms with van der Waals surface area (Å²) >= 11 is 5.71. The molecule has 0 aliphatic heterocycles. The second-order valence-electron chi connectivity index (χ2n) is 2.94. The summed E-state index contributed by atoms with van der Waals surface area (Å²) in [6.45, 7) is 0. The number of carboxylic acid groups (broad SMARTS) is 1. The molecule has 0 unspecified atom stereocenters. The lowest BCUT2D eigenvalue weighted by molar-refractivity contribution is 0.0687. The van der Waals surface area contributed by atoms with Crippen LogP contribution in [0.15, 0.2) is 18.2 Å². The Morgan fingerprint density at radius 3 is 2.93 bits per heavy atom. The van der Waals surface area contributed by atoms with Crippen molar-refractivity contribution in [1.82, 2.24) is 9.55 Å². The van der Waals surface area contributed by atoms with Crippen LogP contribution in [0.3, 0.4) is 0 Å². The van der Waals surface area contributed by atoms with Crippen molar-refractivity contribution in [1.29, 1.82) is 0 Å². The van der Waals surface area contributed by atoms with Crippen LogP contribution in [0.4, 0.5) is 0 Å². The molecular formula is C9H7ClN2O2. The molecule has 14 heavy (non-hydrogen) atoms. The maximum atomic E-state index is 10.8. The van der Waals surface area contributed by atoms with E-state index in [1.165, 1.54) is 4.57 Å². The summed E-state index contributed by atoms with van der Waals surface area (Å²) in [5, 5.41) is 9.98. The number of carbonyl (C=O) groups is 1. The molecule has 0 radical (unpaired) electrons. The summed E-state index contributed by atoms with van der Waals surface area (Å²) in [5.41, 5.74) is 0.782. The molecule has 2 rings (SSSR count). The largest absolute Gasteiger partial charge is 0.477 e. The summed E-state index contributed by atoms with van der Waals surface area (Å²) in [4.78, 5) is 14.8. The highest BCUT2D eigenvalue weighted by molar-refractivity contribution is 6.29. The average molecular weight is 211 g/mol. The van der Waals surface area contributed by atoms with Gasteiger partial charge in [0.25, 0.3) is 0 Å². The number of hydrogen-bond acceptors (Lipinski definition) is 2. The molecule has 0 aliphatic rings. The van der Waals surface area contributed by atoms with Crippen molar-refractivity contribution < 1.29 is 9.90 Å². The van der Waals surface area contributed by atoms with E-state index in [1.807, 2.05) is 0 Å². The highest BCUT2D eigenvalue weighted by Crippen LogP contribution is 2.18. The molecule has 5 heteroatoms. The number of carboxylic acids is 1. The van der Waals surface area contributed by atoms with Gasteiger partial charge in [0, 0.05) is 12.4 Å². The molecule has 0 amide bonds. The average Bonchev–Trinajstić information content (AvgIpc) is 2.44. The van der Waals surface area contributed by atoms with Crippen molar-refractivity contribution in [2.45, 2.75) is 0 Å². The lowest BCUT2D eigenvalue weighted by Crippen LogP contribution is -2.04. The van der Waals surface area contributed by atoms with Gasteiger partial charge in [0.2, 0.25) is 0 Å². The number of nitrogens with zero attached hydrogens (tertiary/aromatic N) is 2. The van der Waals surface area contributed by atoms with Crippen molar-refractivity contribution in [3.63, 3.8) is 0 Å². The summed E-state index contributed by atoms with van der Waals surface area (Å²) in [7, 11) is 1.65. The second kappa shape index (κ2) is 2.99. The third kappa shape index (κ3) is 1.24. The minimum Gasteiger partial charge on any atom is -0.477 e. The van der Waals surface area contributed by atoms with Crippen molar-refractivity contribution in [3.8, 4) is 0 Å². The Morgan fingerprint density at radius 1 is 1.57 bits per heavy atom. The highest BCUT2D eigenvalue weighted by Gasteiger charge is 2.12. The van der Waals surface area contributed by atoms with Gasteiger partial charge in [-0.3, -0.25) is 0 Å². The van der Waals surface area contributed by atoms with Crippen molar-refractivity contribution in [2.24, 2.45) is 7.05 Å². The quantitative estimate of drug-likeness (QED) is 0.732. The van der Waals surface area contributed by atoms with Crippen molar-refractivity contribution in [3.05, 3.63) is 29.0 Å². The molecule has 1 N–H and O–H groups in total. The van der Waals surface area contributed by atoms with Crippen LogP contribution in [0.25, 0.3) is 11.0 Å². The molecule has 0 fully saturated rings. The van der Waals surface area contributed by atoms with E-state index in [-0.39, 0.29) is 5.69 Å². The molecule has 0 spiro atoms. The van der Waals surface area contributed by atoms with Gasteiger partial charge in [-0.15, -0.1) is 0 Å². The zero-order chi connectivity index (χ0) is 10.3. The Morgan fingerprint density at radius 2 is 2.29 bits per heavy atom. The standard InChI is InChI=1S/C9H7ClN2O2/c1-12-6(9(13)14)4-5-2-3-7(10)11-8(5)12/h2-4H,1H3,(H,13,14). The molecule has 2 aromatic heterocycles. The summed E-state index contributed by atoms with van der Waals surface area (Å²) in [6, 6.07) is 4.95. The topological polar surface area (TPSA) is 55.1 Å². The third-order valence-corrected chi connectivity index (χ3v) is 2.27. The van der Waals surface area contributed by atoms with Gasteiger partial charge in [0.1, 0.15) is 16.5 Å². The molecule has 0 aliphatic carbocycles. The second-order valence-corrected chi connectivity index (χ2v) is 3.33. The van der Waals surface area contributed by atoms with E-state index in [1.54, 1.807) is 25.2 Å². The van der Waals surface area contributed by atoms with Gasteiger partial charge in [-0.1, -0.05) is 11.6 Å². The minimum absolute atomic E-state index is 0.203. The lowest BCUT2D eigenvalue weighted by atomic mass is 10.3. The molecule has 2 aromatic rings. The van der Waals surface area contributed by atoms with Crippen LogP contribution in [-0.2, 0) is 7.05 Å². The molecule has 4 nitrogen and oxygen atoms in total. The predicted molar refractivity (Wildman–Crippen MR) is 52.7 cm³/mol. The molecule has 0 aromatic carbocycles. The molecule has 0 bridgehead atoms. The Kier molecular flexibility index (Phi) is 1.93. The van der Waals surface area contributed by atoms with E-state index in [4.69, 9.17) is 16.7 Å². The van der Waals surface area contributed by atoms with Crippen molar-refractivity contribution >= 4 is 28.6 Å². The number of aromatic nitrogens is 2. The van der Waals surface area contributed by atoms with Gasteiger partial charge < -0.3 is 9.67 Å². The van der Waals surface area contributed by atoms with Gasteiger partial charge in [-0.2, -0.15) is 0 Å². The minimum atomic E-state index is -0.971. The maximum absolute atomic E-state index is 10.8. The maximum Gasteiger partial charge on any atom is 0.352 e. The first-order valence-corrected chi connectivity index (χ1v) is 4.32. The normalized spacial score (nSPS) is 10.7. The number of pyridine rings is 1.